The third kappa shape index (κ3) is 2.15. The Morgan fingerprint density at radius 1 is 1.05 bits per heavy atom. The van der Waals surface area contributed by atoms with Crippen LogP contribution < -0.4 is 11.1 Å². The lowest BCUT2D eigenvalue weighted by Crippen LogP contribution is -2.05. The maximum absolute atomic E-state index is 6.03. The fourth-order valence-corrected chi connectivity index (χ4v) is 2.72. The number of para-hydroxylation sites is 2. The van der Waals surface area contributed by atoms with E-state index in [0.717, 1.165) is 16.2 Å². The lowest BCUT2D eigenvalue weighted by molar-refractivity contribution is 1.01. The van der Waals surface area contributed by atoms with Crippen molar-refractivity contribution < 1.29 is 0 Å². The Hall–Kier alpha value is -3.00. The molecule has 0 bridgehead atoms. The van der Waals surface area contributed by atoms with Crippen molar-refractivity contribution in [3.8, 4) is 5.82 Å². The minimum atomic E-state index is 0.389. The zero-order valence-corrected chi connectivity index (χ0v) is 12.2. The molecule has 4 aromatic rings. The first kappa shape index (κ1) is 12.7. The van der Waals surface area contributed by atoms with E-state index in [1.165, 1.54) is 11.3 Å². The molecule has 1 aromatic carbocycles. The number of nitrogens with one attached hydrogen (secondary N) is 1. The van der Waals surface area contributed by atoms with Gasteiger partial charge in [-0.25, -0.2) is 15.0 Å². The van der Waals surface area contributed by atoms with Crippen LogP contribution in [0.15, 0.2) is 48.1 Å². The molecule has 0 radical (unpaired) electrons. The molecule has 0 saturated carbocycles. The van der Waals surface area contributed by atoms with Crippen LogP contribution in [0.1, 0.15) is 0 Å². The van der Waals surface area contributed by atoms with Crippen LogP contribution in [0.4, 0.5) is 17.0 Å². The molecule has 0 aliphatic rings. The third-order valence-electron chi connectivity index (χ3n) is 3.11. The smallest absolute Gasteiger partial charge is 0.230 e. The second-order valence-electron chi connectivity index (χ2n) is 4.49. The topological polar surface area (TPSA) is 94.5 Å². The highest BCUT2D eigenvalue weighted by molar-refractivity contribution is 7.13. The molecule has 0 spiro atoms. The molecule has 0 aliphatic heterocycles. The number of hydrogen-bond donors (Lipinski definition) is 2. The average Bonchev–Trinajstić information content (AvgIpc) is 3.14. The van der Waals surface area contributed by atoms with Crippen molar-refractivity contribution in [1.29, 1.82) is 0 Å². The van der Waals surface area contributed by atoms with Crippen LogP contribution >= 0.6 is 11.3 Å². The Bertz CT molecular complexity index is 929. The number of benzene rings is 1. The molecular formula is C14H11N7S. The molecule has 108 valence electrons. The number of anilines is 3. The van der Waals surface area contributed by atoms with Gasteiger partial charge in [0.15, 0.2) is 5.13 Å². The van der Waals surface area contributed by atoms with Crippen LogP contribution in [0.25, 0.3) is 16.9 Å². The maximum Gasteiger partial charge on any atom is 0.230 e. The van der Waals surface area contributed by atoms with Gasteiger partial charge in [0, 0.05) is 23.8 Å². The number of fused-ring (bicyclic) bond motifs is 1. The first-order chi connectivity index (χ1) is 10.8. The maximum atomic E-state index is 6.03. The molecule has 3 aromatic heterocycles. The number of rotatable bonds is 3. The Balaban J connectivity index is 1.80. The summed E-state index contributed by atoms with van der Waals surface area (Å²) in [4.78, 5) is 17.2. The average molecular weight is 309 g/mol. The van der Waals surface area contributed by atoms with Crippen molar-refractivity contribution in [3.63, 3.8) is 0 Å². The van der Waals surface area contributed by atoms with Gasteiger partial charge in [0.25, 0.3) is 0 Å². The molecule has 0 saturated heterocycles. The van der Waals surface area contributed by atoms with Gasteiger partial charge in [-0.3, -0.25) is 9.88 Å². The Morgan fingerprint density at radius 3 is 2.82 bits per heavy atom. The molecule has 3 heterocycles. The van der Waals surface area contributed by atoms with E-state index in [4.69, 9.17) is 5.73 Å². The number of thiazole rings is 1. The molecule has 8 heteroatoms. The Labute approximate surface area is 129 Å². The zero-order valence-electron chi connectivity index (χ0n) is 11.3. The van der Waals surface area contributed by atoms with Crippen LogP contribution in [-0.2, 0) is 0 Å². The van der Waals surface area contributed by atoms with Gasteiger partial charge in [0.05, 0.1) is 11.0 Å². The summed E-state index contributed by atoms with van der Waals surface area (Å²) in [5.74, 6) is 1.50. The molecule has 3 N–H and O–H groups in total. The molecule has 0 fully saturated rings. The van der Waals surface area contributed by atoms with E-state index in [2.05, 4.69) is 25.3 Å². The standard InChI is InChI=1S/C14H11N7S/c15-12-18-9-3-1-2-4-10(9)21(12)11-5-6-16-13(19-11)20-14-17-7-8-22-14/h1-8H,(H2,15,18)(H,16,17,19,20). The van der Waals surface area contributed by atoms with E-state index >= 15 is 0 Å². The monoisotopic (exact) mass is 309 g/mol. The number of imidazole rings is 1. The molecular weight excluding hydrogens is 298 g/mol. The normalized spacial score (nSPS) is 10.9. The van der Waals surface area contributed by atoms with E-state index in [1.807, 2.05) is 29.6 Å². The van der Waals surface area contributed by atoms with Gasteiger partial charge in [-0.2, -0.15) is 4.98 Å². The van der Waals surface area contributed by atoms with Crippen molar-refractivity contribution >= 4 is 39.4 Å². The second-order valence-corrected chi connectivity index (χ2v) is 5.39. The summed E-state index contributed by atoms with van der Waals surface area (Å²) < 4.78 is 1.80. The number of hydrogen-bond acceptors (Lipinski definition) is 7. The number of nitrogen functional groups attached to an aromatic ring is 1. The lowest BCUT2D eigenvalue weighted by Gasteiger charge is -2.07. The molecule has 7 nitrogen and oxygen atoms in total. The molecule has 22 heavy (non-hydrogen) atoms. The van der Waals surface area contributed by atoms with E-state index in [0.29, 0.717) is 17.7 Å². The second kappa shape index (κ2) is 5.08. The van der Waals surface area contributed by atoms with Gasteiger partial charge in [0.1, 0.15) is 5.82 Å². The summed E-state index contributed by atoms with van der Waals surface area (Å²) in [5.41, 5.74) is 7.76. The zero-order chi connectivity index (χ0) is 14.9. The van der Waals surface area contributed by atoms with Gasteiger partial charge in [-0.1, -0.05) is 12.1 Å². The van der Waals surface area contributed by atoms with E-state index < -0.39 is 0 Å². The minimum absolute atomic E-state index is 0.389. The van der Waals surface area contributed by atoms with E-state index in [-0.39, 0.29) is 0 Å². The molecule has 4 rings (SSSR count). The Kier molecular flexibility index (Phi) is 2.94. The molecule has 0 aliphatic carbocycles. The van der Waals surface area contributed by atoms with Crippen molar-refractivity contribution in [1.82, 2.24) is 24.5 Å². The predicted molar refractivity (Wildman–Crippen MR) is 86.5 cm³/mol. The van der Waals surface area contributed by atoms with Crippen molar-refractivity contribution in [2.24, 2.45) is 0 Å². The summed E-state index contributed by atoms with van der Waals surface area (Å²) in [6, 6.07) is 9.52. The van der Waals surface area contributed by atoms with Crippen LogP contribution in [-0.4, -0.2) is 24.5 Å². The van der Waals surface area contributed by atoms with Gasteiger partial charge in [-0.05, 0) is 12.1 Å². The van der Waals surface area contributed by atoms with Crippen molar-refractivity contribution in [2.45, 2.75) is 0 Å². The van der Waals surface area contributed by atoms with Gasteiger partial charge in [0.2, 0.25) is 11.9 Å². The summed E-state index contributed by atoms with van der Waals surface area (Å²) in [5, 5.41) is 5.68. The Morgan fingerprint density at radius 2 is 1.95 bits per heavy atom. The largest absolute Gasteiger partial charge is 0.369 e. The number of aromatic nitrogens is 5. The van der Waals surface area contributed by atoms with Crippen molar-refractivity contribution in [3.05, 3.63) is 48.1 Å². The molecule has 0 unspecified atom stereocenters. The van der Waals surface area contributed by atoms with E-state index in [1.54, 1.807) is 23.0 Å². The SMILES string of the molecule is Nc1nc2ccccc2n1-c1ccnc(Nc2nccs2)n1. The summed E-state index contributed by atoms with van der Waals surface area (Å²) in [6.07, 6.45) is 3.39. The highest BCUT2D eigenvalue weighted by Gasteiger charge is 2.11. The fourth-order valence-electron chi connectivity index (χ4n) is 2.20. The lowest BCUT2D eigenvalue weighted by atomic mass is 10.3. The molecule has 0 atom stereocenters. The third-order valence-corrected chi connectivity index (χ3v) is 3.80. The summed E-state index contributed by atoms with van der Waals surface area (Å²) >= 11 is 1.48. The van der Waals surface area contributed by atoms with Gasteiger partial charge < -0.3 is 5.73 Å². The summed E-state index contributed by atoms with van der Waals surface area (Å²) in [7, 11) is 0. The minimum Gasteiger partial charge on any atom is -0.369 e. The van der Waals surface area contributed by atoms with Crippen LogP contribution in [0.2, 0.25) is 0 Å². The number of nitrogens with two attached hydrogens (primary N) is 1. The quantitative estimate of drug-likeness (QED) is 0.604. The predicted octanol–water partition coefficient (Wildman–Crippen LogP) is 2.60. The van der Waals surface area contributed by atoms with Gasteiger partial charge in [-0.15, -0.1) is 11.3 Å². The number of nitrogens with zero attached hydrogens (tertiary/aromatic N) is 5. The summed E-state index contributed by atoms with van der Waals surface area (Å²) in [6.45, 7) is 0. The highest BCUT2D eigenvalue weighted by atomic mass is 32.1. The first-order valence-electron chi connectivity index (χ1n) is 6.54. The molecule has 0 amide bonds. The van der Waals surface area contributed by atoms with Gasteiger partial charge >= 0.3 is 0 Å². The highest BCUT2D eigenvalue weighted by Crippen LogP contribution is 2.22. The van der Waals surface area contributed by atoms with Crippen LogP contribution in [0.3, 0.4) is 0 Å². The van der Waals surface area contributed by atoms with Crippen LogP contribution in [0, 0.1) is 0 Å². The van der Waals surface area contributed by atoms with Crippen molar-refractivity contribution in [2.75, 3.05) is 11.1 Å². The van der Waals surface area contributed by atoms with E-state index in [9.17, 15) is 0 Å². The fraction of sp³-hybridized carbons (Fsp3) is 0. The van der Waals surface area contributed by atoms with Crippen LogP contribution in [0.5, 0.6) is 0 Å². The first-order valence-corrected chi connectivity index (χ1v) is 7.42.